The van der Waals surface area contributed by atoms with Gasteiger partial charge in [-0.25, -0.2) is 4.98 Å². The van der Waals surface area contributed by atoms with Crippen LogP contribution in [-0.4, -0.2) is 47.3 Å². The third-order valence-electron chi connectivity index (χ3n) is 5.45. The van der Waals surface area contributed by atoms with E-state index < -0.39 is 0 Å². The zero-order valence-corrected chi connectivity index (χ0v) is 15.5. The van der Waals surface area contributed by atoms with Gasteiger partial charge >= 0.3 is 0 Å². The lowest BCUT2D eigenvalue weighted by molar-refractivity contribution is 0.0921. The van der Waals surface area contributed by atoms with Crippen LogP contribution in [0.1, 0.15) is 23.4 Å². The molecule has 3 atom stereocenters. The highest BCUT2D eigenvalue weighted by molar-refractivity contribution is 5.28. The van der Waals surface area contributed by atoms with Gasteiger partial charge in [0.1, 0.15) is 6.07 Å². The first-order valence-corrected chi connectivity index (χ1v) is 9.47. The van der Waals surface area contributed by atoms with Gasteiger partial charge in [0.2, 0.25) is 5.88 Å². The van der Waals surface area contributed by atoms with Gasteiger partial charge in [-0.15, -0.1) is 0 Å². The number of hydrogen-bond acceptors (Lipinski definition) is 6. The van der Waals surface area contributed by atoms with Crippen molar-refractivity contribution in [2.75, 3.05) is 26.3 Å². The minimum atomic E-state index is 0.327. The Morgan fingerprint density at radius 3 is 3.00 bits per heavy atom. The zero-order chi connectivity index (χ0) is 18.6. The van der Waals surface area contributed by atoms with E-state index in [1.54, 1.807) is 12.1 Å². The van der Waals surface area contributed by atoms with Gasteiger partial charge in [-0.05, 0) is 37.5 Å². The number of rotatable bonds is 6. The van der Waals surface area contributed by atoms with Crippen molar-refractivity contribution in [3.8, 4) is 11.9 Å². The molecule has 2 aliphatic heterocycles. The molecule has 0 saturated carbocycles. The molecule has 2 saturated heterocycles. The van der Waals surface area contributed by atoms with Crippen molar-refractivity contribution in [3.63, 3.8) is 0 Å². The van der Waals surface area contributed by atoms with E-state index in [9.17, 15) is 0 Å². The third kappa shape index (κ3) is 4.26. The Bertz CT molecular complexity index is 818. The van der Waals surface area contributed by atoms with E-state index in [0.29, 0.717) is 36.0 Å². The van der Waals surface area contributed by atoms with Crippen molar-refractivity contribution in [1.82, 2.24) is 14.9 Å². The maximum atomic E-state index is 8.81. The second kappa shape index (κ2) is 8.03. The number of aromatic nitrogens is 2. The summed E-state index contributed by atoms with van der Waals surface area (Å²) in [6, 6.07) is 11.7. The van der Waals surface area contributed by atoms with E-state index in [4.69, 9.17) is 14.7 Å². The summed E-state index contributed by atoms with van der Waals surface area (Å²) in [7, 11) is 0. The van der Waals surface area contributed by atoms with Crippen LogP contribution in [0.4, 0.5) is 0 Å². The SMILES string of the molecule is Cc1cccc(CN2C[C@H]3[C@@H](CCOc4ccc(C#N)cn4)CO[C@H]3C2)n1. The summed E-state index contributed by atoms with van der Waals surface area (Å²) in [5.41, 5.74) is 2.74. The number of ether oxygens (including phenoxy) is 2. The van der Waals surface area contributed by atoms with Crippen LogP contribution < -0.4 is 4.74 Å². The smallest absolute Gasteiger partial charge is 0.213 e. The van der Waals surface area contributed by atoms with Crippen LogP contribution in [0.25, 0.3) is 0 Å². The van der Waals surface area contributed by atoms with E-state index in [1.165, 1.54) is 6.20 Å². The lowest BCUT2D eigenvalue weighted by Crippen LogP contribution is -2.25. The van der Waals surface area contributed by atoms with E-state index in [-0.39, 0.29) is 0 Å². The highest BCUT2D eigenvalue weighted by Crippen LogP contribution is 2.36. The largest absolute Gasteiger partial charge is 0.478 e. The number of pyridine rings is 2. The van der Waals surface area contributed by atoms with E-state index in [1.807, 2.05) is 13.0 Å². The lowest BCUT2D eigenvalue weighted by atomic mass is 9.91. The van der Waals surface area contributed by atoms with Gasteiger partial charge in [0.15, 0.2) is 0 Å². The molecule has 2 aromatic heterocycles. The highest BCUT2D eigenvalue weighted by Gasteiger charge is 2.43. The molecule has 4 rings (SSSR count). The molecule has 0 radical (unpaired) electrons. The molecule has 0 amide bonds. The van der Waals surface area contributed by atoms with Gasteiger partial charge in [0, 0.05) is 43.5 Å². The Morgan fingerprint density at radius 1 is 1.30 bits per heavy atom. The van der Waals surface area contributed by atoms with E-state index in [0.717, 1.165) is 44.0 Å². The first-order chi connectivity index (χ1) is 13.2. The molecule has 0 spiro atoms. The first-order valence-electron chi connectivity index (χ1n) is 9.47. The van der Waals surface area contributed by atoms with Crippen molar-refractivity contribution < 1.29 is 9.47 Å². The fourth-order valence-electron chi connectivity index (χ4n) is 4.07. The molecule has 2 fully saturated rings. The predicted octanol–water partition coefficient (Wildman–Crippen LogP) is 2.57. The Kier molecular flexibility index (Phi) is 5.33. The quantitative estimate of drug-likeness (QED) is 0.785. The Hall–Kier alpha value is -2.49. The molecular formula is C21H24N4O2. The summed E-state index contributed by atoms with van der Waals surface area (Å²) in [5.74, 6) is 1.65. The topological polar surface area (TPSA) is 71.3 Å². The van der Waals surface area contributed by atoms with Gasteiger partial charge in [-0.2, -0.15) is 5.26 Å². The van der Waals surface area contributed by atoms with Crippen LogP contribution in [0, 0.1) is 30.1 Å². The summed E-state index contributed by atoms with van der Waals surface area (Å²) in [6.07, 6.45) is 2.82. The number of nitrogens with zero attached hydrogens (tertiary/aromatic N) is 4. The van der Waals surface area contributed by atoms with Crippen LogP contribution in [0.2, 0.25) is 0 Å². The van der Waals surface area contributed by atoms with Crippen LogP contribution >= 0.6 is 0 Å². The zero-order valence-electron chi connectivity index (χ0n) is 15.5. The van der Waals surface area contributed by atoms with Crippen LogP contribution in [0.5, 0.6) is 5.88 Å². The summed E-state index contributed by atoms with van der Waals surface area (Å²) < 4.78 is 11.8. The predicted molar refractivity (Wildman–Crippen MR) is 100 cm³/mol. The second-order valence-corrected chi connectivity index (χ2v) is 7.39. The molecule has 2 aliphatic rings. The normalized spacial score (nSPS) is 24.5. The maximum absolute atomic E-state index is 8.81. The van der Waals surface area contributed by atoms with Crippen LogP contribution in [0.3, 0.4) is 0 Å². The average Bonchev–Trinajstić information content (AvgIpc) is 3.23. The molecule has 0 aromatic carbocycles. The summed E-state index contributed by atoms with van der Waals surface area (Å²) in [4.78, 5) is 11.2. The van der Waals surface area contributed by atoms with Crippen LogP contribution in [0.15, 0.2) is 36.5 Å². The number of aryl methyl sites for hydroxylation is 1. The summed E-state index contributed by atoms with van der Waals surface area (Å²) >= 11 is 0. The number of hydrogen-bond donors (Lipinski definition) is 0. The molecular weight excluding hydrogens is 340 g/mol. The summed E-state index contributed by atoms with van der Waals surface area (Å²) in [6.45, 7) is 6.39. The average molecular weight is 364 g/mol. The minimum Gasteiger partial charge on any atom is -0.478 e. The maximum Gasteiger partial charge on any atom is 0.213 e. The fraction of sp³-hybridized carbons (Fsp3) is 0.476. The molecule has 0 unspecified atom stereocenters. The van der Waals surface area contributed by atoms with E-state index in [2.05, 4.69) is 33.1 Å². The van der Waals surface area contributed by atoms with Crippen molar-refractivity contribution in [3.05, 3.63) is 53.5 Å². The number of fused-ring (bicyclic) bond motifs is 1. The first kappa shape index (κ1) is 17.9. The minimum absolute atomic E-state index is 0.327. The highest BCUT2D eigenvalue weighted by atomic mass is 16.5. The Balaban J connectivity index is 1.26. The molecule has 0 N–H and O–H groups in total. The van der Waals surface area contributed by atoms with Gasteiger partial charge < -0.3 is 9.47 Å². The van der Waals surface area contributed by atoms with E-state index >= 15 is 0 Å². The number of nitriles is 1. The Labute approximate surface area is 159 Å². The molecule has 0 aliphatic carbocycles. The monoisotopic (exact) mass is 364 g/mol. The molecule has 140 valence electrons. The fourth-order valence-corrected chi connectivity index (χ4v) is 4.07. The Morgan fingerprint density at radius 2 is 2.22 bits per heavy atom. The number of likely N-dealkylation sites (tertiary alicyclic amines) is 1. The summed E-state index contributed by atoms with van der Waals surface area (Å²) in [5, 5.41) is 8.81. The van der Waals surface area contributed by atoms with Crippen molar-refractivity contribution in [2.45, 2.75) is 26.0 Å². The second-order valence-electron chi connectivity index (χ2n) is 7.39. The standard InChI is InChI=1S/C21H24N4O2/c1-15-3-2-4-18(24-15)11-25-12-19-17(14-27-20(19)13-25)7-8-26-21-6-5-16(9-22)10-23-21/h2-6,10,17,19-20H,7-8,11-14H2,1H3/t17-,19-,20-/m0/s1. The molecule has 2 aromatic rings. The third-order valence-corrected chi connectivity index (χ3v) is 5.45. The van der Waals surface area contributed by atoms with Gasteiger partial charge in [-0.3, -0.25) is 9.88 Å². The lowest BCUT2D eigenvalue weighted by Gasteiger charge is -2.19. The molecule has 6 nitrogen and oxygen atoms in total. The van der Waals surface area contributed by atoms with Crippen molar-refractivity contribution >= 4 is 0 Å². The van der Waals surface area contributed by atoms with Crippen molar-refractivity contribution in [2.24, 2.45) is 11.8 Å². The van der Waals surface area contributed by atoms with Gasteiger partial charge in [-0.1, -0.05) is 6.07 Å². The molecule has 6 heteroatoms. The molecule has 0 bridgehead atoms. The molecule has 4 heterocycles. The molecule has 27 heavy (non-hydrogen) atoms. The van der Waals surface area contributed by atoms with Crippen LogP contribution in [-0.2, 0) is 11.3 Å². The van der Waals surface area contributed by atoms with Gasteiger partial charge in [0.05, 0.1) is 30.6 Å². The van der Waals surface area contributed by atoms with Gasteiger partial charge in [0.25, 0.3) is 0 Å². The van der Waals surface area contributed by atoms with Crippen molar-refractivity contribution in [1.29, 1.82) is 5.26 Å².